The first kappa shape index (κ1) is 28.6. The lowest BCUT2D eigenvalue weighted by molar-refractivity contribution is -0.122. The Bertz CT molecular complexity index is 1620. The molecule has 10 heteroatoms. The summed E-state index contributed by atoms with van der Waals surface area (Å²) in [7, 11) is 1.55. The summed E-state index contributed by atoms with van der Waals surface area (Å²) in [5, 5.41) is 13.1. The van der Waals surface area contributed by atoms with Gasteiger partial charge in [-0.25, -0.2) is 9.78 Å². The zero-order valence-corrected chi connectivity index (χ0v) is 23.2. The predicted molar refractivity (Wildman–Crippen MR) is 156 cm³/mol. The number of ether oxygens (including phenoxy) is 1. The molecule has 0 saturated carbocycles. The summed E-state index contributed by atoms with van der Waals surface area (Å²) in [6, 6.07) is 18.8. The molecule has 40 heavy (non-hydrogen) atoms. The van der Waals surface area contributed by atoms with Gasteiger partial charge >= 0.3 is 5.97 Å². The zero-order valence-electron chi connectivity index (χ0n) is 21.7. The fraction of sp³-hybridized carbons (Fsp3) is 0.133. The van der Waals surface area contributed by atoms with Crippen LogP contribution >= 0.6 is 23.2 Å². The van der Waals surface area contributed by atoms with Crippen LogP contribution in [0.2, 0.25) is 10.0 Å². The van der Waals surface area contributed by atoms with Crippen molar-refractivity contribution in [3.63, 3.8) is 0 Å². The Morgan fingerprint density at radius 1 is 1.02 bits per heavy atom. The van der Waals surface area contributed by atoms with Crippen LogP contribution in [0.3, 0.4) is 0 Å². The molecule has 0 spiro atoms. The van der Waals surface area contributed by atoms with Crippen LogP contribution in [0.4, 0.5) is 5.69 Å². The Hall–Kier alpha value is -4.40. The monoisotopic (exact) mass is 577 g/mol. The topological polar surface area (TPSA) is 109 Å². The van der Waals surface area contributed by atoms with E-state index in [9.17, 15) is 14.4 Å². The van der Waals surface area contributed by atoms with Crippen LogP contribution < -0.4 is 15.0 Å². The Kier molecular flexibility index (Phi) is 9.04. The average molecular weight is 578 g/mol. The largest absolute Gasteiger partial charge is 0.487 e. The number of aryl methyl sites for hydroxylation is 1. The van der Waals surface area contributed by atoms with Gasteiger partial charge in [0.25, 0.3) is 0 Å². The number of carboxylic acid groups (broad SMARTS) is 1. The number of fused-ring (bicyclic) bond motifs is 1. The van der Waals surface area contributed by atoms with Gasteiger partial charge in [0.05, 0.1) is 22.8 Å². The summed E-state index contributed by atoms with van der Waals surface area (Å²) in [6.45, 7) is 1.68. The van der Waals surface area contributed by atoms with Gasteiger partial charge in [0, 0.05) is 34.8 Å². The maximum absolute atomic E-state index is 12.8. The number of nitrogens with zero attached hydrogens (tertiary/aromatic N) is 2. The minimum absolute atomic E-state index is 0.0528. The van der Waals surface area contributed by atoms with Crippen molar-refractivity contribution in [3.05, 3.63) is 105 Å². The molecule has 3 aromatic carbocycles. The van der Waals surface area contributed by atoms with Crippen LogP contribution in [0, 0.1) is 6.92 Å². The van der Waals surface area contributed by atoms with Gasteiger partial charge in [-0.1, -0.05) is 53.5 Å². The van der Waals surface area contributed by atoms with Crippen LogP contribution in [-0.4, -0.2) is 41.5 Å². The number of carbonyl (C=O) groups is 3. The molecule has 0 fully saturated rings. The van der Waals surface area contributed by atoms with E-state index in [-0.39, 0.29) is 23.7 Å². The summed E-state index contributed by atoms with van der Waals surface area (Å²) in [4.78, 5) is 41.9. The minimum atomic E-state index is -1.03. The molecule has 0 unspecified atom stereocenters. The fourth-order valence-electron chi connectivity index (χ4n) is 3.84. The summed E-state index contributed by atoms with van der Waals surface area (Å²) in [5.41, 5.74) is 3.28. The Morgan fingerprint density at radius 3 is 2.50 bits per heavy atom. The molecule has 0 bridgehead atoms. The molecule has 0 saturated heterocycles. The molecule has 1 heterocycles. The van der Waals surface area contributed by atoms with Crippen LogP contribution in [-0.2, 0) is 16.2 Å². The van der Waals surface area contributed by atoms with E-state index in [4.69, 9.17) is 33.0 Å². The molecule has 0 aliphatic carbocycles. The highest BCUT2D eigenvalue weighted by atomic mass is 35.5. The van der Waals surface area contributed by atoms with Crippen molar-refractivity contribution >= 4 is 63.7 Å². The van der Waals surface area contributed by atoms with Gasteiger partial charge in [0.15, 0.2) is 0 Å². The van der Waals surface area contributed by atoms with E-state index in [0.717, 1.165) is 16.6 Å². The highest BCUT2D eigenvalue weighted by Crippen LogP contribution is 2.35. The zero-order chi connectivity index (χ0) is 28.8. The molecule has 4 rings (SSSR count). The number of halogens is 2. The van der Waals surface area contributed by atoms with Crippen LogP contribution in [0.25, 0.3) is 17.0 Å². The number of aromatic carboxylic acids is 1. The van der Waals surface area contributed by atoms with Crippen LogP contribution in [0.1, 0.15) is 27.2 Å². The lowest BCUT2D eigenvalue weighted by atomic mass is 10.1. The molecule has 0 aliphatic heterocycles. The molecule has 0 aliphatic rings. The molecule has 0 atom stereocenters. The van der Waals surface area contributed by atoms with E-state index in [2.05, 4.69) is 10.3 Å². The normalized spacial score (nSPS) is 11.0. The summed E-state index contributed by atoms with van der Waals surface area (Å²) < 4.78 is 6.05. The average Bonchev–Trinajstić information content (AvgIpc) is 2.94. The smallest absolute Gasteiger partial charge is 0.335 e. The van der Waals surface area contributed by atoms with Crippen molar-refractivity contribution in [1.29, 1.82) is 0 Å². The molecule has 2 amide bonds. The van der Waals surface area contributed by atoms with Crippen molar-refractivity contribution < 1.29 is 24.2 Å². The number of amides is 2. The van der Waals surface area contributed by atoms with Gasteiger partial charge in [-0.05, 0) is 55.0 Å². The predicted octanol–water partition coefficient (Wildman–Crippen LogP) is 5.92. The fourth-order valence-corrected chi connectivity index (χ4v) is 4.45. The number of aromatic nitrogens is 1. The van der Waals surface area contributed by atoms with E-state index in [1.165, 1.54) is 29.2 Å². The number of hydrogen-bond donors (Lipinski definition) is 2. The van der Waals surface area contributed by atoms with Crippen molar-refractivity contribution in [2.75, 3.05) is 18.5 Å². The number of para-hydroxylation sites is 1. The minimum Gasteiger partial charge on any atom is -0.487 e. The van der Waals surface area contributed by atoms with Crippen molar-refractivity contribution in [3.8, 4) is 5.75 Å². The van der Waals surface area contributed by atoms with E-state index in [1.54, 1.807) is 31.3 Å². The molecule has 204 valence electrons. The third-order valence-corrected chi connectivity index (χ3v) is 6.87. The van der Waals surface area contributed by atoms with Crippen molar-refractivity contribution in [2.45, 2.75) is 13.5 Å². The third kappa shape index (κ3) is 6.77. The quantitative estimate of drug-likeness (QED) is 0.239. The summed E-state index contributed by atoms with van der Waals surface area (Å²) in [6.07, 6.45) is 2.78. The van der Waals surface area contributed by atoms with Gasteiger partial charge < -0.3 is 20.1 Å². The second-order valence-electron chi connectivity index (χ2n) is 8.86. The first-order chi connectivity index (χ1) is 19.1. The molecule has 2 N–H and O–H groups in total. The lowest BCUT2D eigenvalue weighted by Crippen LogP contribution is -2.37. The number of anilines is 1. The number of nitrogens with one attached hydrogen (secondary N) is 1. The molecule has 1 aromatic heterocycles. The second kappa shape index (κ2) is 12.6. The third-order valence-electron chi connectivity index (χ3n) is 6.09. The van der Waals surface area contributed by atoms with Crippen LogP contribution in [0.15, 0.2) is 72.8 Å². The Balaban J connectivity index is 1.40. The van der Waals surface area contributed by atoms with Gasteiger partial charge in [0.2, 0.25) is 11.8 Å². The van der Waals surface area contributed by atoms with E-state index >= 15 is 0 Å². The Labute approximate surface area is 240 Å². The maximum atomic E-state index is 12.8. The first-order valence-electron chi connectivity index (χ1n) is 12.2. The first-order valence-corrected chi connectivity index (χ1v) is 12.9. The number of pyridine rings is 1. The number of likely N-dealkylation sites (N-methyl/N-ethyl adjacent to an activating group) is 1. The Morgan fingerprint density at radius 2 is 1.77 bits per heavy atom. The molecular weight excluding hydrogens is 553 g/mol. The number of carbonyl (C=O) groups excluding carboxylic acids is 2. The maximum Gasteiger partial charge on any atom is 0.335 e. The van der Waals surface area contributed by atoms with Gasteiger partial charge in [-0.3, -0.25) is 9.59 Å². The van der Waals surface area contributed by atoms with Crippen molar-refractivity contribution in [1.82, 2.24) is 10.3 Å². The highest BCUT2D eigenvalue weighted by molar-refractivity contribution is 6.38. The van der Waals surface area contributed by atoms with Gasteiger partial charge in [0.1, 0.15) is 17.9 Å². The van der Waals surface area contributed by atoms with E-state index in [1.807, 2.05) is 37.3 Å². The van der Waals surface area contributed by atoms with E-state index < -0.39 is 17.8 Å². The molecule has 8 nitrogen and oxygen atoms in total. The summed E-state index contributed by atoms with van der Waals surface area (Å²) >= 11 is 13.1. The summed E-state index contributed by atoms with van der Waals surface area (Å²) in [5.74, 6) is -1.35. The lowest BCUT2D eigenvalue weighted by Gasteiger charge is -2.21. The number of rotatable bonds is 9. The van der Waals surface area contributed by atoms with Gasteiger partial charge in [-0.15, -0.1) is 0 Å². The molecular formula is C30H25Cl2N3O5. The number of benzene rings is 3. The molecule has 4 aromatic rings. The van der Waals surface area contributed by atoms with Crippen molar-refractivity contribution in [2.24, 2.45) is 0 Å². The van der Waals surface area contributed by atoms with E-state index in [0.29, 0.717) is 27.6 Å². The second-order valence-corrected chi connectivity index (χ2v) is 9.64. The SMILES string of the molecule is Cc1ccc2cccc(OCc3c(Cl)ccc(N(C)C(=O)CNC(=O)C=Cc4ccc(C(=O)O)cc4)c3Cl)c2n1. The van der Waals surface area contributed by atoms with Gasteiger partial charge in [-0.2, -0.15) is 0 Å². The molecule has 0 radical (unpaired) electrons. The number of carboxylic acids is 1. The highest BCUT2D eigenvalue weighted by Gasteiger charge is 2.19. The standard InChI is InChI=1S/C30H25Cl2N3O5/c1-18-6-10-20-4-3-5-25(29(20)34-18)40-17-22-23(31)13-14-24(28(22)32)35(2)27(37)16-33-26(36)15-9-19-7-11-21(12-8-19)30(38)39/h3-15H,16-17H2,1-2H3,(H,33,36)(H,38,39). The number of hydrogen-bond acceptors (Lipinski definition) is 5. The van der Waals surface area contributed by atoms with Crippen LogP contribution in [0.5, 0.6) is 5.75 Å².